The van der Waals surface area contributed by atoms with Gasteiger partial charge in [-0.25, -0.2) is 4.39 Å². The highest BCUT2D eigenvalue weighted by molar-refractivity contribution is 5.95. The van der Waals surface area contributed by atoms with Crippen molar-refractivity contribution in [1.82, 2.24) is 9.80 Å². The van der Waals surface area contributed by atoms with E-state index in [1.165, 1.54) is 12.1 Å². The Balaban J connectivity index is 1.38. The molecule has 0 radical (unpaired) electrons. The molecule has 2 heterocycles. The SMILES string of the molecule is Cc1cc(C)cc(C(=O)N2CCCC(C(=O)N3CCCN(c4ccc(F)cc4)CC3)C2)c1. The Morgan fingerprint density at radius 1 is 0.844 bits per heavy atom. The zero-order valence-corrected chi connectivity index (χ0v) is 19.0. The molecule has 4 rings (SSSR count). The monoisotopic (exact) mass is 437 g/mol. The van der Waals surface area contributed by atoms with Crippen molar-refractivity contribution < 1.29 is 14.0 Å². The molecule has 2 aromatic carbocycles. The highest BCUT2D eigenvalue weighted by Crippen LogP contribution is 2.23. The molecule has 2 aliphatic rings. The molecule has 0 spiro atoms. The van der Waals surface area contributed by atoms with E-state index in [1.807, 2.05) is 35.8 Å². The third-order valence-corrected chi connectivity index (χ3v) is 6.53. The number of halogens is 1. The molecular formula is C26H32FN3O2. The van der Waals surface area contributed by atoms with Gasteiger partial charge >= 0.3 is 0 Å². The maximum atomic E-state index is 13.3. The predicted molar refractivity (Wildman–Crippen MR) is 124 cm³/mol. The first-order valence-electron chi connectivity index (χ1n) is 11.6. The van der Waals surface area contributed by atoms with Crippen LogP contribution in [0.2, 0.25) is 0 Å². The van der Waals surface area contributed by atoms with Crippen LogP contribution in [0, 0.1) is 25.6 Å². The summed E-state index contributed by atoms with van der Waals surface area (Å²) in [4.78, 5) is 32.4. The van der Waals surface area contributed by atoms with Gasteiger partial charge in [0.05, 0.1) is 5.92 Å². The topological polar surface area (TPSA) is 43.9 Å². The number of anilines is 1. The van der Waals surface area contributed by atoms with E-state index in [1.54, 1.807) is 12.1 Å². The second-order valence-corrected chi connectivity index (χ2v) is 9.11. The van der Waals surface area contributed by atoms with Gasteiger partial charge in [-0.1, -0.05) is 17.2 Å². The van der Waals surface area contributed by atoms with Crippen molar-refractivity contribution in [2.75, 3.05) is 44.2 Å². The number of hydrogen-bond acceptors (Lipinski definition) is 3. The van der Waals surface area contributed by atoms with Gasteiger partial charge in [-0.05, 0) is 69.5 Å². The van der Waals surface area contributed by atoms with Crippen molar-refractivity contribution >= 4 is 17.5 Å². The number of rotatable bonds is 3. The molecular weight excluding hydrogens is 405 g/mol. The molecule has 1 unspecified atom stereocenters. The Labute approximate surface area is 189 Å². The van der Waals surface area contributed by atoms with E-state index in [2.05, 4.69) is 11.0 Å². The summed E-state index contributed by atoms with van der Waals surface area (Å²) in [5.41, 5.74) is 3.85. The van der Waals surface area contributed by atoms with Gasteiger partial charge in [-0.3, -0.25) is 9.59 Å². The predicted octanol–water partition coefficient (Wildman–Crippen LogP) is 4.03. The van der Waals surface area contributed by atoms with Gasteiger partial charge in [-0.15, -0.1) is 0 Å². The second-order valence-electron chi connectivity index (χ2n) is 9.11. The summed E-state index contributed by atoms with van der Waals surface area (Å²) in [5, 5.41) is 0. The average molecular weight is 438 g/mol. The number of hydrogen-bond donors (Lipinski definition) is 0. The number of nitrogens with zero attached hydrogens (tertiary/aromatic N) is 3. The van der Waals surface area contributed by atoms with E-state index in [-0.39, 0.29) is 23.5 Å². The number of likely N-dealkylation sites (tertiary alicyclic amines) is 1. The Morgan fingerprint density at radius 2 is 1.53 bits per heavy atom. The quantitative estimate of drug-likeness (QED) is 0.728. The highest BCUT2D eigenvalue weighted by Gasteiger charge is 2.32. The van der Waals surface area contributed by atoms with E-state index < -0.39 is 0 Å². The van der Waals surface area contributed by atoms with Crippen molar-refractivity contribution in [3.63, 3.8) is 0 Å². The minimum absolute atomic E-state index is 0.0210. The summed E-state index contributed by atoms with van der Waals surface area (Å²) < 4.78 is 13.2. The lowest BCUT2D eigenvalue weighted by molar-refractivity contribution is -0.136. The summed E-state index contributed by atoms with van der Waals surface area (Å²) in [6.45, 7) is 8.14. The number of piperidine rings is 1. The summed E-state index contributed by atoms with van der Waals surface area (Å²) in [5.74, 6) is -0.204. The minimum Gasteiger partial charge on any atom is -0.370 e. The van der Waals surface area contributed by atoms with Crippen molar-refractivity contribution in [3.05, 3.63) is 65.0 Å². The molecule has 1 atom stereocenters. The van der Waals surface area contributed by atoms with Gasteiger partial charge < -0.3 is 14.7 Å². The fraction of sp³-hybridized carbons (Fsp3) is 0.462. The van der Waals surface area contributed by atoms with Gasteiger partial charge in [0.1, 0.15) is 5.82 Å². The van der Waals surface area contributed by atoms with Crippen molar-refractivity contribution in [2.45, 2.75) is 33.1 Å². The normalized spacial score (nSPS) is 19.6. The smallest absolute Gasteiger partial charge is 0.253 e. The molecule has 0 N–H and O–H groups in total. The molecule has 5 nitrogen and oxygen atoms in total. The summed E-state index contributed by atoms with van der Waals surface area (Å²) in [6.07, 6.45) is 2.55. The maximum absolute atomic E-state index is 13.3. The first-order chi connectivity index (χ1) is 15.4. The van der Waals surface area contributed by atoms with Gasteiger partial charge in [0.15, 0.2) is 0 Å². The van der Waals surface area contributed by atoms with Gasteiger partial charge in [0.25, 0.3) is 5.91 Å². The average Bonchev–Trinajstić information content (AvgIpc) is 3.04. The molecule has 2 amide bonds. The molecule has 2 saturated heterocycles. The number of carbonyl (C=O) groups excluding carboxylic acids is 2. The largest absolute Gasteiger partial charge is 0.370 e. The highest BCUT2D eigenvalue weighted by atomic mass is 19.1. The number of aryl methyl sites for hydroxylation is 2. The Hall–Kier alpha value is -2.89. The van der Waals surface area contributed by atoms with Crippen molar-refractivity contribution in [3.8, 4) is 0 Å². The molecule has 170 valence electrons. The maximum Gasteiger partial charge on any atom is 0.253 e. The summed E-state index contributed by atoms with van der Waals surface area (Å²) in [7, 11) is 0. The second kappa shape index (κ2) is 9.72. The Morgan fingerprint density at radius 3 is 2.25 bits per heavy atom. The third kappa shape index (κ3) is 5.12. The fourth-order valence-corrected chi connectivity index (χ4v) is 4.95. The molecule has 0 aliphatic carbocycles. The summed E-state index contributed by atoms with van der Waals surface area (Å²) >= 11 is 0. The van der Waals surface area contributed by atoms with Crippen LogP contribution in [0.25, 0.3) is 0 Å². The molecule has 2 aliphatic heterocycles. The molecule has 0 aromatic heterocycles. The lowest BCUT2D eigenvalue weighted by Crippen LogP contribution is -2.47. The molecule has 2 fully saturated rings. The molecule has 2 aromatic rings. The molecule has 0 saturated carbocycles. The van der Waals surface area contributed by atoms with Crippen LogP contribution in [0.15, 0.2) is 42.5 Å². The van der Waals surface area contributed by atoms with Gasteiger partial charge in [0, 0.05) is 50.5 Å². The van der Waals surface area contributed by atoms with E-state index in [4.69, 9.17) is 0 Å². The van der Waals surface area contributed by atoms with Crippen LogP contribution >= 0.6 is 0 Å². The van der Waals surface area contributed by atoms with Gasteiger partial charge in [-0.2, -0.15) is 0 Å². The van der Waals surface area contributed by atoms with E-state index in [0.717, 1.165) is 55.7 Å². The van der Waals surface area contributed by atoms with Crippen molar-refractivity contribution in [1.29, 1.82) is 0 Å². The molecule has 6 heteroatoms. The number of amides is 2. The fourth-order valence-electron chi connectivity index (χ4n) is 4.95. The molecule has 32 heavy (non-hydrogen) atoms. The zero-order valence-electron chi connectivity index (χ0n) is 19.0. The van der Waals surface area contributed by atoms with Crippen LogP contribution in [0.5, 0.6) is 0 Å². The summed E-state index contributed by atoms with van der Waals surface area (Å²) in [6, 6.07) is 12.5. The van der Waals surface area contributed by atoms with Crippen LogP contribution in [0.4, 0.5) is 10.1 Å². The van der Waals surface area contributed by atoms with Gasteiger partial charge in [0.2, 0.25) is 5.91 Å². The van der Waals surface area contributed by atoms with Crippen LogP contribution < -0.4 is 4.90 Å². The Kier molecular flexibility index (Phi) is 6.77. The number of carbonyl (C=O) groups is 2. The minimum atomic E-state index is -0.238. The standard InChI is InChI=1S/C26H32FN3O2/c1-19-15-20(2)17-22(16-19)26(32)30-10-3-5-21(18-30)25(31)29-12-4-11-28(13-14-29)24-8-6-23(27)7-9-24/h6-9,15-17,21H,3-5,10-14,18H2,1-2H3. The third-order valence-electron chi connectivity index (χ3n) is 6.53. The van der Waals surface area contributed by atoms with E-state index in [9.17, 15) is 14.0 Å². The van der Waals surface area contributed by atoms with E-state index >= 15 is 0 Å². The Bertz CT molecular complexity index is 955. The lowest BCUT2D eigenvalue weighted by atomic mass is 9.95. The first kappa shape index (κ1) is 22.3. The lowest BCUT2D eigenvalue weighted by Gasteiger charge is -2.35. The van der Waals surface area contributed by atoms with Crippen LogP contribution in [0.1, 0.15) is 40.7 Å². The van der Waals surface area contributed by atoms with Crippen LogP contribution in [-0.2, 0) is 4.79 Å². The van der Waals surface area contributed by atoms with Crippen molar-refractivity contribution in [2.24, 2.45) is 5.92 Å². The number of benzene rings is 2. The van der Waals surface area contributed by atoms with E-state index in [0.29, 0.717) is 25.2 Å². The first-order valence-corrected chi connectivity index (χ1v) is 11.6. The molecule has 0 bridgehead atoms. The zero-order chi connectivity index (χ0) is 22.7. The van der Waals surface area contributed by atoms with Crippen LogP contribution in [-0.4, -0.2) is 60.9 Å². The van der Waals surface area contributed by atoms with Crippen LogP contribution in [0.3, 0.4) is 0 Å².